The van der Waals surface area contributed by atoms with Gasteiger partial charge in [0, 0.05) is 12.1 Å². The van der Waals surface area contributed by atoms with Crippen LogP contribution in [0.1, 0.15) is 15.9 Å². The van der Waals surface area contributed by atoms with Crippen molar-refractivity contribution in [2.75, 3.05) is 13.6 Å². The van der Waals surface area contributed by atoms with Gasteiger partial charge in [0.1, 0.15) is 5.82 Å². The summed E-state index contributed by atoms with van der Waals surface area (Å²) in [4.78, 5) is 13.7. The molecule has 0 saturated carbocycles. The highest BCUT2D eigenvalue weighted by Crippen LogP contribution is 2.09. The van der Waals surface area contributed by atoms with Crippen molar-refractivity contribution in [3.63, 3.8) is 0 Å². The van der Waals surface area contributed by atoms with Gasteiger partial charge in [-0.25, -0.2) is 4.39 Å². The van der Waals surface area contributed by atoms with E-state index in [0.717, 1.165) is 5.56 Å². The molecule has 1 heterocycles. The van der Waals surface area contributed by atoms with Gasteiger partial charge in [-0.05, 0) is 25.2 Å². The zero-order valence-electron chi connectivity index (χ0n) is 10.1. The van der Waals surface area contributed by atoms with Crippen LogP contribution in [0.2, 0.25) is 0 Å². The summed E-state index contributed by atoms with van der Waals surface area (Å²) < 4.78 is 18.4. The summed E-state index contributed by atoms with van der Waals surface area (Å²) in [6, 6.07) is 7.87. The second-order valence-electron chi connectivity index (χ2n) is 4.21. The first-order chi connectivity index (χ1) is 8.66. The van der Waals surface area contributed by atoms with E-state index in [9.17, 15) is 9.18 Å². The van der Waals surface area contributed by atoms with E-state index in [-0.39, 0.29) is 17.9 Å². The zero-order valence-corrected chi connectivity index (χ0v) is 10.1. The van der Waals surface area contributed by atoms with Crippen LogP contribution in [-0.4, -0.2) is 24.3 Å². The number of hydrogen-bond acceptors (Lipinski definition) is 3. The van der Waals surface area contributed by atoms with Crippen LogP contribution in [-0.2, 0) is 6.54 Å². The second-order valence-corrected chi connectivity index (χ2v) is 4.21. The molecule has 0 aliphatic heterocycles. The number of ketones is 1. The van der Waals surface area contributed by atoms with Crippen molar-refractivity contribution in [3.05, 3.63) is 59.8 Å². The Morgan fingerprint density at radius 1 is 1.33 bits per heavy atom. The molecule has 2 aromatic rings. The Morgan fingerprint density at radius 2 is 2.11 bits per heavy atom. The number of nitrogens with zero attached hydrogens (tertiary/aromatic N) is 1. The molecule has 18 heavy (non-hydrogen) atoms. The Balaban J connectivity index is 1.97. The molecule has 1 aromatic heterocycles. The predicted molar refractivity (Wildman–Crippen MR) is 65.8 cm³/mol. The largest absolute Gasteiger partial charge is 0.472 e. The van der Waals surface area contributed by atoms with Gasteiger partial charge in [-0.1, -0.05) is 12.1 Å². The monoisotopic (exact) mass is 247 g/mol. The van der Waals surface area contributed by atoms with Crippen LogP contribution < -0.4 is 0 Å². The van der Waals surface area contributed by atoms with Crippen molar-refractivity contribution in [2.45, 2.75) is 6.54 Å². The highest BCUT2D eigenvalue weighted by Gasteiger charge is 2.13. The fourth-order valence-corrected chi connectivity index (χ4v) is 1.77. The lowest BCUT2D eigenvalue weighted by molar-refractivity contribution is 0.0939. The first kappa shape index (κ1) is 12.5. The summed E-state index contributed by atoms with van der Waals surface area (Å²) in [5, 5.41) is 0. The van der Waals surface area contributed by atoms with Gasteiger partial charge in [-0.2, -0.15) is 0 Å². The van der Waals surface area contributed by atoms with Crippen molar-refractivity contribution in [3.8, 4) is 0 Å². The molecule has 94 valence electrons. The topological polar surface area (TPSA) is 33.5 Å². The van der Waals surface area contributed by atoms with Crippen molar-refractivity contribution < 1.29 is 13.6 Å². The summed E-state index contributed by atoms with van der Waals surface area (Å²) in [5.41, 5.74) is 1.12. The normalized spacial score (nSPS) is 10.8. The summed E-state index contributed by atoms with van der Waals surface area (Å²) >= 11 is 0. The quantitative estimate of drug-likeness (QED) is 0.762. The van der Waals surface area contributed by atoms with Crippen LogP contribution in [0.4, 0.5) is 4.39 Å². The van der Waals surface area contributed by atoms with E-state index in [4.69, 9.17) is 4.42 Å². The average molecular weight is 247 g/mol. The molecule has 4 heteroatoms. The number of furan rings is 1. The number of carbonyl (C=O) groups excluding carboxylic acids is 1. The molecule has 0 spiro atoms. The Morgan fingerprint density at radius 3 is 2.78 bits per heavy atom. The molecule has 0 radical (unpaired) electrons. The van der Waals surface area contributed by atoms with Gasteiger partial charge in [0.05, 0.1) is 24.6 Å². The highest BCUT2D eigenvalue weighted by atomic mass is 19.1. The Hall–Kier alpha value is -1.94. The molecule has 2 rings (SSSR count). The van der Waals surface area contributed by atoms with E-state index in [0.29, 0.717) is 6.54 Å². The van der Waals surface area contributed by atoms with Gasteiger partial charge in [0.25, 0.3) is 0 Å². The number of hydrogen-bond donors (Lipinski definition) is 0. The lowest BCUT2D eigenvalue weighted by Gasteiger charge is -2.14. The number of benzene rings is 1. The fourth-order valence-electron chi connectivity index (χ4n) is 1.77. The van der Waals surface area contributed by atoms with Gasteiger partial charge in [-0.3, -0.25) is 9.69 Å². The third-order valence-corrected chi connectivity index (χ3v) is 2.62. The summed E-state index contributed by atoms with van der Waals surface area (Å²) in [6.07, 6.45) is 3.21. The standard InChI is InChI=1S/C14H14FNO2/c1-16(8-11-6-7-18-10-11)9-14(17)12-4-2-3-5-13(12)15/h2-7,10H,8-9H2,1H3. The highest BCUT2D eigenvalue weighted by molar-refractivity contribution is 5.97. The lowest BCUT2D eigenvalue weighted by atomic mass is 10.1. The molecule has 1 aromatic carbocycles. The molecule has 0 fully saturated rings. The molecular weight excluding hydrogens is 233 g/mol. The van der Waals surface area contributed by atoms with Gasteiger partial charge in [0.15, 0.2) is 5.78 Å². The van der Waals surface area contributed by atoms with E-state index in [1.165, 1.54) is 12.1 Å². The molecule has 0 aliphatic carbocycles. The Kier molecular flexibility index (Phi) is 3.89. The number of likely N-dealkylation sites (N-methyl/N-ethyl adjacent to an activating group) is 1. The van der Waals surface area contributed by atoms with E-state index >= 15 is 0 Å². The fraction of sp³-hybridized carbons (Fsp3) is 0.214. The minimum absolute atomic E-state index is 0.136. The summed E-state index contributed by atoms with van der Waals surface area (Å²) in [7, 11) is 1.81. The minimum atomic E-state index is -0.473. The van der Waals surface area contributed by atoms with E-state index in [1.54, 1.807) is 24.7 Å². The maximum Gasteiger partial charge on any atom is 0.179 e. The molecule has 0 aliphatic rings. The summed E-state index contributed by atoms with van der Waals surface area (Å²) in [5.74, 6) is -0.696. The Labute approximate surface area is 105 Å². The minimum Gasteiger partial charge on any atom is -0.472 e. The molecule has 0 unspecified atom stereocenters. The summed E-state index contributed by atoms with van der Waals surface area (Å²) in [6.45, 7) is 0.767. The third-order valence-electron chi connectivity index (χ3n) is 2.62. The molecule has 0 amide bonds. The third kappa shape index (κ3) is 3.05. The van der Waals surface area contributed by atoms with E-state index in [1.807, 2.05) is 18.0 Å². The Bertz CT molecular complexity index is 522. The van der Waals surface area contributed by atoms with Crippen molar-refractivity contribution >= 4 is 5.78 Å². The van der Waals surface area contributed by atoms with E-state index in [2.05, 4.69) is 0 Å². The SMILES string of the molecule is CN(CC(=O)c1ccccc1F)Cc1ccoc1. The van der Waals surface area contributed by atoms with Gasteiger partial charge in [0.2, 0.25) is 0 Å². The molecule has 0 saturated heterocycles. The van der Waals surface area contributed by atoms with Crippen molar-refractivity contribution in [2.24, 2.45) is 0 Å². The average Bonchev–Trinajstić information content (AvgIpc) is 2.82. The van der Waals surface area contributed by atoms with Crippen molar-refractivity contribution in [1.29, 1.82) is 0 Å². The number of Topliss-reactive ketones (excluding diaryl/α,β-unsaturated/α-hetero) is 1. The first-order valence-corrected chi connectivity index (χ1v) is 5.64. The first-order valence-electron chi connectivity index (χ1n) is 5.64. The zero-order chi connectivity index (χ0) is 13.0. The number of halogens is 1. The lowest BCUT2D eigenvalue weighted by Crippen LogP contribution is -2.26. The molecule has 0 atom stereocenters. The van der Waals surface area contributed by atoms with Crippen molar-refractivity contribution in [1.82, 2.24) is 4.90 Å². The number of carbonyl (C=O) groups is 1. The maximum atomic E-state index is 13.4. The molecule has 0 bridgehead atoms. The predicted octanol–water partition coefficient (Wildman–Crippen LogP) is 2.73. The maximum absolute atomic E-state index is 13.4. The van der Waals surface area contributed by atoms with Crippen LogP contribution in [0.5, 0.6) is 0 Å². The van der Waals surface area contributed by atoms with Gasteiger partial charge >= 0.3 is 0 Å². The molecule has 3 nitrogen and oxygen atoms in total. The van der Waals surface area contributed by atoms with Crippen LogP contribution >= 0.6 is 0 Å². The van der Waals surface area contributed by atoms with Crippen LogP contribution in [0.3, 0.4) is 0 Å². The molecular formula is C14H14FNO2. The van der Waals surface area contributed by atoms with Crippen LogP contribution in [0, 0.1) is 5.82 Å². The van der Waals surface area contributed by atoms with Crippen LogP contribution in [0.25, 0.3) is 0 Å². The van der Waals surface area contributed by atoms with E-state index < -0.39 is 5.82 Å². The van der Waals surface area contributed by atoms with Gasteiger partial charge in [-0.15, -0.1) is 0 Å². The number of rotatable bonds is 5. The van der Waals surface area contributed by atoms with Crippen LogP contribution in [0.15, 0.2) is 47.3 Å². The molecule has 0 N–H and O–H groups in total. The second kappa shape index (κ2) is 5.60. The van der Waals surface area contributed by atoms with Gasteiger partial charge < -0.3 is 4.42 Å². The smallest absolute Gasteiger partial charge is 0.179 e.